The van der Waals surface area contributed by atoms with Gasteiger partial charge in [-0.05, 0) is 60.9 Å². The van der Waals surface area contributed by atoms with Crippen molar-refractivity contribution in [2.24, 2.45) is 0 Å². The number of halogens is 1. The molecule has 0 radical (unpaired) electrons. The van der Waals surface area contributed by atoms with E-state index in [0.717, 1.165) is 11.1 Å². The standard InChI is InChI=1S/C23H27FN2O5/c1-4-31-23(28)13-19-18-12-21(30-3)20(29-2)11-15(18)9-10-26(19)14-22(27)25-17-7-5-16(24)6-8-17/h5-8,11-12,19H,4,9-10,13-14H2,1-3H3,(H,25,27). The molecule has 0 aliphatic carbocycles. The van der Waals surface area contributed by atoms with Crippen molar-refractivity contribution in [2.75, 3.05) is 39.2 Å². The second kappa shape index (κ2) is 10.3. The number of hydrogen-bond acceptors (Lipinski definition) is 6. The van der Waals surface area contributed by atoms with E-state index in [0.29, 0.717) is 30.2 Å². The van der Waals surface area contributed by atoms with Crippen LogP contribution in [0.1, 0.15) is 30.5 Å². The molecule has 1 atom stereocenters. The van der Waals surface area contributed by atoms with E-state index >= 15 is 0 Å². The second-order valence-electron chi connectivity index (χ2n) is 7.21. The third kappa shape index (κ3) is 5.52. The highest BCUT2D eigenvalue weighted by Gasteiger charge is 2.32. The molecule has 0 bridgehead atoms. The third-order valence-electron chi connectivity index (χ3n) is 5.25. The molecule has 1 aliphatic rings. The number of rotatable bonds is 8. The van der Waals surface area contributed by atoms with E-state index in [1.165, 1.54) is 24.3 Å². The van der Waals surface area contributed by atoms with Gasteiger partial charge in [0.2, 0.25) is 5.91 Å². The summed E-state index contributed by atoms with van der Waals surface area (Å²) in [5.74, 6) is 0.236. The van der Waals surface area contributed by atoms with Crippen LogP contribution < -0.4 is 14.8 Å². The molecule has 0 saturated heterocycles. The van der Waals surface area contributed by atoms with Gasteiger partial charge < -0.3 is 19.5 Å². The van der Waals surface area contributed by atoms with Gasteiger partial charge in [0.25, 0.3) is 0 Å². The highest BCUT2D eigenvalue weighted by molar-refractivity contribution is 5.92. The van der Waals surface area contributed by atoms with Gasteiger partial charge in [-0.25, -0.2) is 4.39 Å². The van der Waals surface area contributed by atoms with Gasteiger partial charge in [0.1, 0.15) is 5.82 Å². The number of carbonyl (C=O) groups excluding carboxylic acids is 2. The molecule has 0 aromatic heterocycles. The Morgan fingerprint density at radius 2 is 1.81 bits per heavy atom. The Balaban J connectivity index is 1.84. The number of fused-ring (bicyclic) bond motifs is 1. The molecule has 1 aliphatic heterocycles. The van der Waals surface area contributed by atoms with Crippen molar-refractivity contribution in [3.05, 3.63) is 53.3 Å². The van der Waals surface area contributed by atoms with Crippen LogP contribution >= 0.6 is 0 Å². The molecule has 0 spiro atoms. The molecule has 1 heterocycles. The molecular weight excluding hydrogens is 403 g/mol. The zero-order valence-corrected chi connectivity index (χ0v) is 17.9. The minimum absolute atomic E-state index is 0.0786. The van der Waals surface area contributed by atoms with E-state index in [9.17, 15) is 14.0 Å². The Morgan fingerprint density at radius 3 is 2.45 bits per heavy atom. The van der Waals surface area contributed by atoms with E-state index in [1.807, 2.05) is 17.0 Å². The molecule has 166 valence electrons. The van der Waals surface area contributed by atoms with Crippen LogP contribution in [0.2, 0.25) is 0 Å². The highest BCUT2D eigenvalue weighted by atomic mass is 19.1. The minimum Gasteiger partial charge on any atom is -0.493 e. The molecule has 1 unspecified atom stereocenters. The molecule has 31 heavy (non-hydrogen) atoms. The lowest BCUT2D eigenvalue weighted by molar-refractivity contribution is -0.145. The number of esters is 1. The average Bonchev–Trinajstić information content (AvgIpc) is 2.76. The molecule has 3 rings (SSSR count). The van der Waals surface area contributed by atoms with Crippen LogP contribution in [0.25, 0.3) is 0 Å². The summed E-state index contributed by atoms with van der Waals surface area (Å²) in [6, 6.07) is 9.02. The molecule has 2 aromatic carbocycles. The predicted molar refractivity (Wildman–Crippen MR) is 114 cm³/mol. The zero-order chi connectivity index (χ0) is 22.4. The molecular formula is C23H27FN2O5. The van der Waals surface area contributed by atoms with Gasteiger partial charge in [0.05, 0.1) is 33.8 Å². The summed E-state index contributed by atoms with van der Waals surface area (Å²) in [4.78, 5) is 26.9. The van der Waals surface area contributed by atoms with Crippen molar-refractivity contribution >= 4 is 17.6 Å². The number of amides is 1. The number of ether oxygens (including phenoxy) is 3. The summed E-state index contributed by atoms with van der Waals surface area (Å²) in [7, 11) is 3.14. The highest BCUT2D eigenvalue weighted by Crippen LogP contribution is 2.39. The largest absolute Gasteiger partial charge is 0.493 e. The summed E-state index contributed by atoms with van der Waals surface area (Å²) < 4.78 is 29.1. The lowest BCUT2D eigenvalue weighted by Crippen LogP contribution is -2.41. The Labute approximate surface area is 181 Å². The lowest BCUT2D eigenvalue weighted by atomic mass is 9.90. The number of benzene rings is 2. The quantitative estimate of drug-likeness (QED) is 0.648. The smallest absolute Gasteiger partial charge is 0.307 e. The fourth-order valence-corrected chi connectivity index (χ4v) is 3.80. The van der Waals surface area contributed by atoms with Crippen LogP contribution in [-0.2, 0) is 20.7 Å². The van der Waals surface area contributed by atoms with Gasteiger partial charge >= 0.3 is 5.97 Å². The average molecular weight is 430 g/mol. The monoisotopic (exact) mass is 430 g/mol. The van der Waals surface area contributed by atoms with Crippen LogP contribution in [0.4, 0.5) is 10.1 Å². The number of nitrogens with one attached hydrogen (secondary N) is 1. The van der Waals surface area contributed by atoms with Crippen molar-refractivity contribution in [3.63, 3.8) is 0 Å². The van der Waals surface area contributed by atoms with E-state index < -0.39 is 0 Å². The molecule has 8 heteroatoms. The molecule has 1 amide bonds. The molecule has 1 N–H and O–H groups in total. The maximum Gasteiger partial charge on any atom is 0.307 e. The summed E-state index contributed by atoms with van der Waals surface area (Å²) >= 11 is 0. The summed E-state index contributed by atoms with van der Waals surface area (Å²) in [5, 5.41) is 2.77. The maximum absolute atomic E-state index is 13.1. The Hall–Kier alpha value is -3.13. The van der Waals surface area contributed by atoms with E-state index in [-0.39, 0.29) is 43.3 Å². The van der Waals surface area contributed by atoms with Gasteiger partial charge in [-0.3, -0.25) is 14.5 Å². The van der Waals surface area contributed by atoms with Gasteiger partial charge in [0.15, 0.2) is 11.5 Å². The number of hydrogen-bond donors (Lipinski definition) is 1. The number of anilines is 1. The summed E-state index contributed by atoms with van der Waals surface area (Å²) in [5.41, 5.74) is 2.46. The summed E-state index contributed by atoms with van der Waals surface area (Å²) in [6.07, 6.45) is 0.805. The van der Waals surface area contributed by atoms with Crippen molar-refractivity contribution in [3.8, 4) is 11.5 Å². The number of nitrogens with zero attached hydrogens (tertiary/aromatic N) is 1. The first kappa shape index (κ1) is 22.6. The lowest BCUT2D eigenvalue weighted by Gasteiger charge is -2.37. The maximum atomic E-state index is 13.1. The van der Waals surface area contributed by atoms with Gasteiger partial charge in [-0.2, -0.15) is 0 Å². The Bertz CT molecular complexity index is 932. The Kier molecular flexibility index (Phi) is 7.46. The third-order valence-corrected chi connectivity index (χ3v) is 5.25. The predicted octanol–water partition coefficient (Wildman–Crippen LogP) is 3.33. The number of methoxy groups -OCH3 is 2. The second-order valence-corrected chi connectivity index (χ2v) is 7.21. The first-order valence-corrected chi connectivity index (χ1v) is 10.1. The molecule has 0 saturated carbocycles. The van der Waals surface area contributed by atoms with Gasteiger partial charge in [-0.15, -0.1) is 0 Å². The zero-order valence-electron chi connectivity index (χ0n) is 17.9. The molecule has 0 fully saturated rings. The van der Waals surface area contributed by atoms with E-state index in [2.05, 4.69) is 5.32 Å². The molecule has 7 nitrogen and oxygen atoms in total. The van der Waals surface area contributed by atoms with Gasteiger partial charge in [-0.1, -0.05) is 0 Å². The van der Waals surface area contributed by atoms with Crippen LogP contribution in [-0.4, -0.2) is 50.7 Å². The van der Waals surface area contributed by atoms with Crippen molar-refractivity contribution in [1.29, 1.82) is 0 Å². The molecule has 2 aromatic rings. The van der Waals surface area contributed by atoms with Crippen LogP contribution in [0.15, 0.2) is 36.4 Å². The summed E-state index contributed by atoms with van der Waals surface area (Å²) in [6.45, 7) is 2.71. The SMILES string of the molecule is CCOC(=O)CC1c2cc(OC)c(OC)cc2CCN1CC(=O)Nc1ccc(F)cc1. The van der Waals surface area contributed by atoms with Crippen LogP contribution in [0.5, 0.6) is 11.5 Å². The first-order chi connectivity index (χ1) is 14.9. The first-order valence-electron chi connectivity index (χ1n) is 10.1. The normalized spacial score (nSPS) is 15.7. The van der Waals surface area contributed by atoms with Crippen LogP contribution in [0.3, 0.4) is 0 Å². The van der Waals surface area contributed by atoms with E-state index in [4.69, 9.17) is 14.2 Å². The fraction of sp³-hybridized carbons (Fsp3) is 0.391. The number of carbonyl (C=O) groups is 2. The van der Waals surface area contributed by atoms with E-state index in [1.54, 1.807) is 21.1 Å². The Morgan fingerprint density at radius 1 is 1.13 bits per heavy atom. The van der Waals surface area contributed by atoms with Crippen molar-refractivity contribution in [2.45, 2.75) is 25.8 Å². The minimum atomic E-state index is -0.371. The topological polar surface area (TPSA) is 77.1 Å². The van der Waals surface area contributed by atoms with Gasteiger partial charge in [0, 0.05) is 18.3 Å². The van der Waals surface area contributed by atoms with Crippen molar-refractivity contribution < 1.29 is 28.2 Å². The fourth-order valence-electron chi connectivity index (χ4n) is 3.80. The van der Waals surface area contributed by atoms with Crippen LogP contribution in [0, 0.1) is 5.82 Å². The van der Waals surface area contributed by atoms with Crippen molar-refractivity contribution in [1.82, 2.24) is 4.90 Å².